The summed E-state index contributed by atoms with van der Waals surface area (Å²) < 4.78 is 1.24. The Hall–Kier alpha value is -1.31. The van der Waals surface area contributed by atoms with E-state index in [1.165, 1.54) is 15.1 Å². The molecule has 78 valence electrons. The molecule has 0 unspecified atom stereocenters. The second-order valence-corrected chi connectivity index (χ2v) is 5.12. The molecule has 1 aromatic heterocycles. The molecule has 0 nitrogen and oxygen atoms in total. The highest BCUT2D eigenvalue weighted by atomic mass is 35.5. The maximum absolute atomic E-state index is 6.16. The van der Waals surface area contributed by atoms with Gasteiger partial charge in [-0.1, -0.05) is 48.0 Å². The topological polar surface area (TPSA) is 0 Å². The molecular weight excluding hydrogens is 236 g/mol. The SMILES string of the molecule is Clc1cccc2sc(-c3ccccc3)cc12. The molecular formula is C14H9ClS. The molecule has 0 radical (unpaired) electrons. The molecule has 0 atom stereocenters. The highest BCUT2D eigenvalue weighted by molar-refractivity contribution is 7.22. The highest BCUT2D eigenvalue weighted by Gasteiger charge is 2.05. The molecule has 2 aromatic carbocycles. The number of fused-ring (bicyclic) bond motifs is 1. The lowest BCUT2D eigenvalue weighted by atomic mass is 10.1. The molecule has 0 N–H and O–H groups in total. The quantitative estimate of drug-likeness (QED) is 0.550. The van der Waals surface area contributed by atoms with Crippen LogP contribution in [-0.4, -0.2) is 0 Å². The molecule has 0 aliphatic rings. The molecule has 2 heteroatoms. The average molecular weight is 245 g/mol. The molecule has 3 rings (SSSR count). The predicted octanol–water partition coefficient (Wildman–Crippen LogP) is 5.22. The minimum atomic E-state index is 0.830. The van der Waals surface area contributed by atoms with Crippen molar-refractivity contribution in [2.24, 2.45) is 0 Å². The Labute approximate surface area is 103 Å². The lowest BCUT2D eigenvalue weighted by Crippen LogP contribution is -1.68. The minimum Gasteiger partial charge on any atom is -0.135 e. The standard InChI is InChI=1S/C14H9ClS/c15-12-7-4-8-13-11(12)9-14(16-13)10-5-2-1-3-6-10/h1-9H. The van der Waals surface area contributed by atoms with Crippen LogP contribution in [0.15, 0.2) is 54.6 Å². The first-order valence-electron chi connectivity index (χ1n) is 5.08. The third kappa shape index (κ3) is 1.62. The van der Waals surface area contributed by atoms with Gasteiger partial charge in [0.1, 0.15) is 0 Å². The Morgan fingerprint density at radius 2 is 1.69 bits per heavy atom. The summed E-state index contributed by atoms with van der Waals surface area (Å²) in [5, 5.41) is 1.98. The zero-order chi connectivity index (χ0) is 11.0. The average Bonchev–Trinajstić information content (AvgIpc) is 2.76. The number of hydrogen-bond donors (Lipinski definition) is 0. The third-order valence-electron chi connectivity index (χ3n) is 2.57. The van der Waals surface area contributed by atoms with Crippen LogP contribution >= 0.6 is 22.9 Å². The van der Waals surface area contributed by atoms with Crippen LogP contribution in [0.2, 0.25) is 5.02 Å². The van der Waals surface area contributed by atoms with Gasteiger partial charge in [0.25, 0.3) is 0 Å². The molecule has 0 aliphatic carbocycles. The van der Waals surface area contributed by atoms with E-state index in [9.17, 15) is 0 Å². The van der Waals surface area contributed by atoms with Crippen LogP contribution in [0.25, 0.3) is 20.5 Å². The molecule has 3 aromatic rings. The Morgan fingerprint density at radius 1 is 0.875 bits per heavy atom. The van der Waals surface area contributed by atoms with E-state index in [1.807, 2.05) is 18.2 Å². The van der Waals surface area contributed by atoms with Crippen LogP contribution in [0.1, 0.15) is 0 Å². The smallest absolute Gasteiger partial charge is 0.0493 e. The van der Waals surface area contributed by atoms with Crippen molar-refractivity contribution in [1.29, 1.82) is 0 Å². The van der Waals surface area contributed by atoms with E-state index in [0.717, 1.165) is 10.4 Å². The fourth-order valence-corrected chi connectivity index (χ4v) is 3.15. The summed E-state index contributed by atoms with van der Waals surface area (Å²) in [6, 6.07) is 18.6. The Bertz CT molecular complexity index is 626. The fourth-order valence-electron chi connectivity index (χ4n) is 1.77. The van der Waals surface area contributed by atoms with E-state index >= 15 is 0 Å². The maximum atomic E-state index is 6.16. The zero-order valence-electron chi connectivity index (χ0n) is 8.48. The van der Waals surface area contributed by atoms with Crippen LogP contribution in [0, 0.1) is 0 Å². The number of halogens is 1. The van der Waals surface area contributed by atoms with Crippen molar-refractivity contribution in [3.8, 4) is 10.4 Å². The van der Waals surface area contributed by atoms with Crippen LogP contribution in [0.5, 0.6) is 0 Å². The van der Waals surface area contributed by atoms with E-state index in [1.54, 1.807) is 11.3 Å². The second kappa shape index (κ2) is 3.93. The number of hydrogen-bond acceptors (Lipinski definition) is 1. The molecule has 0 bridgehead atoms. The van der Waals surface area contributed by atoms with E-state index < -0.39 is 0 Å². The van der Waals surface area contributed by atoms with Gasteiger partial charge in [0, 0.05) is 20.0 Å². The molecule has 16 heavy (non-hydrogen) atoms. The molecule has 0 spiro atoms. The third-order valence-corrected chi connectivity index (χ3v) is 4.05. The van der Waals surface area contributed by atoms with Gasteiger partial charge in [-0.3, -0.25) is 0 Å². The molecule has 0 aliphatic heterocycles. The van der Waals surface area contributed by atoms with Crippen molar-refractivity contribution in [3.63, 3.8) is 0 Å². The van der Waals surface area contributed by atoms with E-state index in [2.05, 4.69) is 36.4 Å². The number of benzene rings is 2. The van der Waals surface area contributed by atoms with E-state index in [4.69, 9.17) is 11.6 Å². The first kappa shape index (κ1) is 9.88. The van der Waals surface area contributed by atoms with Crippen molar-refractivity contribution in [3.05, 3.63) is 59.6 Å². The molecule has 0 saturated heterocycles. The van der Waals surface area contributed by atoms with Crippen molar-refractivity contribution in [2.45, 2.75) is 0 Å². The first-order valence-corrected chi connectivity index (χ1v) is 6.27. The molecule has 0 saturated carbocycles. The largest absolute Gasteiger partial charge is 0.135 e. The van der Waals surface area contributed by atoms with Crippen molar-refractivity contribution in [1.82, 2.24) is 0 Å². The van der Waals surface area contributed by atoms with Gasteiger partial charge in [0.05, 0.1) is 0 Å². The fraction of sp³-hybridized carbons (Fsp3) is 0. The van der Waals surface area contributed by atoms with E-state index in [0.29, 0.717) is 0 Å². The van der Waals surface area contributed by atoms with Gasteiger partial charge in [-0.2, -0.15) is 0 Å². The summed E-state index contributed by atoms with van der Waals surface area (Å²) in [6.07, 6.45) is 0. The van der Waals surface area contributed by atoms with Gasteiger partial charge in [-0.15, -0.1) is 11.3 Å². The maximum Gasteiger partial charge on any atom is 0.0493 e. The van der Waals surface area contributed by atoms with Gasteiger partial charge < -0.3 is 0 Å². The molecule has 1 heterocycles. The van der Waals surface area contributed by atoms with Crippen molar-refractivity contribution in [2.75, 3.05) is 0 Å². The van der Waals surface area contributed by atoms with Gasteiger partial charge >= 0.3 is 0 Å². The van der Waals surface area contributed by atoms with Gasteiger partial charge in [0.2, 0.25) is 0 Å². The summed E-state index contributed by atoms with van der Waals surface area (Å²) in [5.41, 5.74) is 1.25. The van der Waals surface area contributed by atoms with Crippen molar-refractivity contribution >= 4 is 33.0 Å². The molecule has 0 fully saturated rings. The summed E-state index contributed by atoms with van der Waals surface area (Å²) in [7, 11) is 0. The van der Waals surface area contributed by atoms with Gasteiger partial charge in [0.15, 0.2) is 0 Å². The number of thiophene rings is 1. The summed E-state index contributed by atoms with van der Waals surface area (Å²) >= 11 is 7.94. The van der Waals surface area contributed by atoms with Crippen molar-refractivity contribution < 1.29 is 0 Å². The minimum absolute atomic E-state index is 0.830. The monoisotopic (exact) mass is 244 g/mol. The van der Waals surface area contributed by atoms with Crippen LogP contribution < -0.4 is 0 Å². The molecule has 0 amide bonds. The van der Waals surface area contributed by atoms with Crippen LogP contribution in [0.3, 0.4) is 0 Å². The Morgan fingerprint density at radius 3 is 2.44 bits per heavy atom. The summed E-state index contributed by atoms with van der Waals surface area (Å²) in [4.78, 5) is 1.27. The normalized spacial score (nSPS) is 10.8. The predicted molar refractivity (Wildman–Crippen MR) is 72.3 cm³/mol. The zero-order valence-corrected chi connectivity index (χ0v) is 10.1. The van der Waals surface area contributed by atoms with Crippen LogP contribution in [0.4, 0.5) is 0 Å². The van der Waals surface area contributed by atoms with Gasteiger partial charge in [-0.25, -0.2) is 0 Å². The summed E-state index contributed by atoms with van der Waals surface area (Å²) in [5.74, 6) is 0. The lowest BCUT2D eigenvalue weighted by molar-refractivity contribution is 1.70. The Kier molecular flexibility index (Phi) is 2.43. The Balaban J connectivity index is 2.23. The first-order chi connectivity index (χ1) is 7.84. The lowest BCUT2D eigenvalue weighted by Gasteiger charge is -1.93. The van der Waals surface area contributed by atoms with Crippen LogP contribution in [-0.2, 0) is 0 Å². The second-order valence-electron chi connectivity index (χ2n) is 3.63. The summed E-state index contributed by atoms with van der Waals surface area (Å²) in [6.45, 7) is 0. The highest BCUT2D eigenvalue weighted by Crippen LogP contribution is 2.36. The van der Waals surface area contributed by atoms with Gasteiger partial charge in [-0.05, 0) is 23.8 Å². The van der Waals surface area contributed by atoms with E-state index in [-0.39, 0.29) is 0 Å². The number of rotatable bonds is 1.